The molecule has 0 heterocycles. The minimum Gasteiger partial charge on any atom is -0.314 e. The van der Waals surface area contributed by atoms with E-state index in [1.807, 2.05) is 0 Å². The summed E-state index contributed by atoms with van der Waals surface area (Å²) in [4.78, 5) is 0. The minimum atomic E-state index is 0.794. The number of hydrogen-bond acceptors (Lipinski definition) is 1. The van der Waals surface area contributed by atoms with Crippen molar-refractivity contribution in [1.82, 2.24) is 5.32 Å². The van der Waals surface area contributed by atoms with Crippen LogP contribution >= 0.6 is 0 Å². The maximum atomic E-state index is 3.87. The lowest BCUT2D eigenvalue weighted by Crippen LogP contribution is -2.42. The van der Waals surface area contributed by atoms with E-state index in [1.165, 1.54) is 64.3 Å². The number of nitrogens with one attached hydrogen (secondary N) is 1. The first-order valence-corrected chi connectivity index (χ1v) is 8.94. The van der Waals surface area contributed by atoms with Crippen molar-refractivity contribution < 1.29 is 0 Å². The van der Waals surface area contributed by atoms with E-state index >= 15 is 0 Å². The molecule has 2 fully saturated rings. The van der Waals surface area contributed by atoms with Gasteiger partial charge in [0, 0.05) is 6.04 Å². The van der Waals surface area contributed by atoms with Crippen molar-refractivity contribution in [3.63, 3.8) is 0 Å². The molecular weight excluding hydrogens is 230 g/mol. The average Bonchev–Trinajstić information content (AvgIpc) is 2.42. The molecule has 0 bridgehead atoms. The predicted octanol–water partition coefficient (Wildman–Crippen LogP) is 5.01. The lowest BCUT2D eigenvalue weighted by atomic mass is 9.65. The molecule has 112 valence electrons. The van der Waals surface area contributed by atoms with Gasteiger partial charge in [0.05, 0.1) is 0 Å². The SMILES string of the molecule is CCCNC(CC(C)C)C1CCC2CCCCC2C1. The lowest BCUT2D eigenvalue weighted by molar-refractivity contribution is 0.104. The van der Waals surface area contributed by atoms with Gasteiger partial charge in [-0.2, -0.15) is 0 Å². The molecule has 0 aliphatic heterocycles. The van der Waals surface area contributed by atoms with Gasteiger partial charge in [-0.1, -0.05) is 46.5 Å². The Balaban J connectivity index is 1.89. The molecule has 19 heavy (non-hydrogen) atoms. The second-order valence-corrected chi connectivity index (χ2v) is 7.57. The molecule has 1 N–H and O–H groups in total. The van der Waals surface area contributed by atoms with Crippen molar-refractivity contribution in [1.29, 1.82) is 0 Å². The molecule has 2 rings (SSSR count). The molecule has 0 aromatic carbocycles. The van der Waals surface area contributed by atoms with E-state index in [4.69, 9.17) is 0 Å². The fourth-order valence-corrected chi connectivity index (χ4v) is 4.56. The Morgan fingerprint density at radius 2 is 1.74 bits per heavy atom. The van der Waals surface area contributed by atoms with E-state index in [0.29, 0.717) is 0 Å². The van der Waals surface area contributed by atoms with Gasteiger partial charge in [0.2, 0.25) is 0 Å². The quantitative estimate of drug-likeness (QED) is 0.712. The van der Waals surface area contributed by atoms with E-state index in [0.717, 1.165) is 29.7 Å². The van der Waals surface area contributed by atoms with E-state index in [2.05, 4.69) is 26.1 Å². The van der Waals surface area contributed by atoms with Crippen molar-refractivity contribution >= 4 is 0 Å². The zero-order valence-electron chi connectivity index (χ0n) is 13.5. The van der Waals surface area contributed by atoms with Crippen molar-refractivity contribution in [2.45, 2.75) is 84.6 Å². The highest BCUT2D eigenvalue weighted by Crippen LogP contribution is 2.44. The second kappa shape index (κ2) is 7.67. The lowest BCUT2D eigenvalue weighted by Gasteiger charge is -2.42. The van der Waals surface area contributed by atoms with Gasteiger partial charge < -0.3 is 5.32 Å². The first-order valence-electron chi connectivity index (χ1n) is 8.94. The van der Waals surface area contributed by atoms with Crippen LogP contribution in [0.5, 0.6) is 0 Å². The highest BCUT2D eigenvalue weighted by Gasteiger charge is 2.35. The maximum absolute atomic E-state index is 3.87. The van der Waals surface area contributed by atoms with Crippen LogP contribution in [0.3, 0.4) is 0 Å². The van der Waals surface area contributed by atoms with Crippen LogP contribution in [0, 0.1) is 23.7 Å². The average molecular weight is 265 g/mol. The van der Waals surface area contributed by atoms with Gasteiger partial charge in [0.25, 0.3) is 0 Å². The topological polar surface area (TPSA) is 12.0 Å². The van der Waals surface area contributed by atoms with Gasteiger partial charge >= 0.3 is 0 Å². The van der Waals surface area contributed by atoms with E-state index in [-0.39, 0.29) is 0 Å². The molecule has 1 nitrogen and oxygen atoms in total. The highest BCUT2D eigenvalue weighted by molar-refractivity contribution is 4.88. The maximum Gasteiger partial charge on any atom is 0.00978 e. The summed E-state index contributed by atoms with van der Waals surface area (Å²) in [7, 11) is 0. The van der Waals surface area contributed by atoms with Crippen LogP contribution in [0.15, 0.2) is 0 Å². The van der Waals surface area contributed by atoms with Crippen LogP contribution in [-0.4, -0.2) is 12.6 Å². The highest BCUT2D eigenvalue weighted by atomic mass is 14.9. The van der Waals surface area contributed by atoms with Crippen molar-refractivity contribution in [2.24, 2.45) is 23.7 Å². The van der Waals surface area contributed by atoms with Crippen LogP contribution in [-0.2, 0) is 0 Å². The molecular formula is C18H35N. The molecule has 2 saturated carbocycles. The Bertz CT molecular complexity index is 248. The molecule has 4 unspecified atom stereocenters. The molecule has 2 aliphatic rings. The van der Waals surface area contributed by atoms with Gasteiger partial charge in [-0.05, 0) is 62.3 Å². The summed E-state index contributed by atoms with van der Waals surface area (Å²) in [6.07, 6.45) is 13.3. The second-order valence-electron chi connectivity index (χ2n) is 7.57. The minimum absolute atomic E-state index is 0.794. The fraction of sp³-hybridized carbons (Fsp3) is 1.00. The predicted molar refractivity (Wildman–Crippen MR) is 84.3 cm³/mol. The van der Waals surface area contributed by atoms with Gasteiger partial charge in [0.1, 0.15) is 0 Å². The molecule has 1 heteroatoms. The molecule has 0 radical (unpaired) electrons. The molecule has 0 spiro atoms. The third kappa shape index (κ3) is 4.48. The number of rotatable bonds is 6. The van der Waals surface area contributed by atoms with Crippen molar-refractivity contribution in [2.75, 3.05) is 6.54 Å². The molecule has 0 saturated heterocycles. The largest absolute Gasteiger partial charge is 0.314 e. The van der Waals surface area contributed by atoms with Gasteiger partial charge in [-0.3, -0.25) is 0 Å². The zero-order valence-corrected chi connectivity index (χ0v) is 13.5. The molecule has 2 aliphatic carbocycles. The van der Waals surface area contributed by atoms with Crippen LogP contribution in [0.25, 0.3) is 0 Å². The Morgan fingerprint density at radius 3 is 2.42 bits per heavy atom. The Hall–Kier alpha value is -0.0400. The molecule has 0 aromatic heterocycles. The number of fused-ring (bicyclic) bond motifs is 1. The first kappa shape index (κ1) is 15.4. The van der Waals surface area contributed by atoms with Gasteiger partial charge in [-0.25, -0.2) is 0 Å². The van der Waals surface area contributed by atoms with Crippen LogP contribution in [0.1, 0.15) is 78.6 Å². The summed E-state index contributed by atoms with van der Waals surface area (Å²) in [5.74, 6) is 3.97. The van der Waals surface area contributed by atoms with E-state index in [9.17, 15) is 0 Å². The fourth-order valence-electron chi connectivity index (χ4n) is 4.56. The van der Waals surface area contributed by atoms with Crippen LogP contribution < -0.4 is 5.32 Å². The van der Waals surface area contributed by atoms with Gasteiger partial charge in [0.15, 0.2) is 0 Å². The molecule has 0 amide bonds. The van der Waals surface area contributed by atoms with Crippen molar-refractivity contribution in [3.8, 4) is 0 Å². The Kier molecular flexibility index (Phi) is 6.19. The summed E-state index contributed by atoms with van der Waals surface area (Å²) >= 11 is 0. The zero-order chi connectivity index (χ0) is 13.7. The standard InChI is InChI=1S/C18H35N/c1-4-11-19-18(12-14(2)3)17-10-9-15-7-5-6-8-16(15)13-17/h14-19H,4-13H2,1-3H3. The third-order valence-corrected chi connectivity index (χ3v) is 5.53. The summed E-state index contributed by atoms with van der Waals surface area (Å²) in [6.45, 7) is 8.26. The van der Waals surface area contributed by atoms with E-state index in [1.54, 1.807) is 0 Å². The smallest absolute Gasteiger partial charge is 0.00978 e. The summed E-state index contributed by atoms with van der Waals surface area (Å²) in [6, 6.07) is 0.794. The third-order valence-electron chi connectivity index (χ3n) is 5.53. The summed E-state index contributed by atoms with van der Waals surface area (Å²) < 4.78 is 0. The van der Waals surface area contributed by atoms with E-state index < -0.39 is 0 Å². The number of hydrogen-bond donors (Lipinski definition) is 1. The summed E-state index contributed by atoms with van der Waals surface area (Å²) in [5.41, 5.74) is 0. The van der Waals surface area contributed by atoms with Gasteiger partial charge in [-0.15, -0.1) is 0 Å². The first-order chi connectivity index (χ1) is 9.20. The van der Waals surface area contributed by atoms with Crippen LogP contribution in [0.2, 0.25) is 0 Å². The Morgan fingerprint density at radius 1 is 1.00 bits per heavy atom. The van der Waals surface area contributed by atoms with Crippen molar-refractivity contribution in [3.05, 3.63) is 0 Å². The molecule has 0 aromatic rings. The normalized spacial score (nSPS) is 33.2. The molecule has 4 atom stereocenters. The monoisotopic (exact) mass is 265 g/mol. The Labute approximate surface area is 120 Å². The van der Waals surface area contributed by atoms with Crippen LogP contribution in [0.4, 0.5) is 0 Å². The summed E-state index contributed by atoms with van der Waals surface area (Å²) in [5, 5.41) is 3.87.